The molecule has 1 aliphatic rings. The molecule has 0 aromatic heterocycles. The highest BCUT2D eigenvalue weighted by atomic mass is 127. The molecule has 154 valence electrons. The van der Waals surface area contributed by atoms with E-state index in [1.807, 2.05) is 19.2 Å². The van der Waals surface area contributed by atoms with Crippen LogP contribution in [0.1, 0.15) is 17.5 Å². The van der Waals surface area contributed by atoms with Gasteiger partial charge in [0.1, 0.15) is 6.61 Å². The maximum absolute atomic E-state index is 12.1. The maximum Gasteiger partial charge on any atom is 0.411 e. The average Bonchev–Trinajstić information content (AvgIpc) is 3.08. The number of hydrogen-bond acceptors (Lipinski definition) is 3. The number of alkyl halides is 3. The van der Waals surface area contributed by atoms with Gasteiger partial charge in [0.25, 0.3) is 0 Å². The van der Waals surface area contributed by atoms with Crippen LogP contribution in [0.5, 0.6) is 0 Å². The smallest absolute Gasteiger partial charge is 0.381 e. The molecule has 5 nitrogen and oxygen atoms in total. The molecule has 0 saturated carbocycles. The fourth-order valence-electron chi connectivity index (χ4n) is 2.80. The van der Waals surface area contributed by atoms with Gasteiger partial charge in [-0.3, -0.25) is 4.99 Å². The minimum atomic E-state index is -4.30. The van der Waals surface area contributed by atoms with Crippen molar-refractivity contribution in [2.24, 2.45) is 10.9 Å². The lowest BCUT2D eigenvalue weighted by molar-refractivity contribution is -0.176. The molecule has 27 heavy (non-hydrogen) atoms. The lowest BCUT2D eigenvalue weighted by atomic mass is 10.1. The summed E-state index contributed by atoms with van der Waals surface area (Å²) in [6.45, 7) is 1.80. The molecule has 1 atom stereocenters. The maximum atomic E-state index is 12.1. The van der Waals surface area contributed by atoms with Crippen LogP contribution in [0.4, 0.5) is 13.2 Å². The van der Waals surface area contributed by atoms with Gasteiger partial charge >= 0.3 is 6.18 Å². The van der Waals surface area contributed by atoms with E-state index in [0.29, 0.717) is 18.0 Å². The summed E-state index contributed by atoms with van der Waals surface area (Å²) in [4.78, 5) is 6.37. The number of ether oxygens (including phenoxy) is 2. The Labute approximate surface area is 175 Å². The average molecular weight is 501 g/mol. The second-order valence-electron chi connectivity index (χ2n) is 6.44. The molecule has 0 spiro atoms. The van der Waals surface area contributed by atoms with E-state index in [0.717, 1.165) is 37.7 Å². The first-order valence-corrected chi connectivity index (χ1v) is 8.59. The second-order valence-corrected chi connectivity index (χ2v) is 6.44. The van der Waals surface area contributed by atoms with Crippen molar-refractivity contribution < 1.29 is 22.6 Å². The molecule has 0 aliphatic carbocycles. The molecule has 1 aliphatic heterocycles. The Morgan fingerprint density at radius 1 is 1.30 bits per heavy atom. The molecule has 9 heteroatoms. The van der Waals surface area contributed by atoms with Crippen LogP contribution in [0.15, 0.2) is 29.3 Å². The summed E-state index contributed by atoms with van der Waals surface area (Å²) in [5.74, 6) is 1.32. The molecule has 0 amide bonds. The fraction of sp³-hybridized carbons (Fsp3) is 0.611. The first-order chi connectivity index (χ1) is 12.4. The Morgan fingerprint density at radius 2 is 1.96 bits per heavy atom. The van der Waals surface area contributed by atoms with Crippen LogP contribution in [0, 0.1) is 5.92 Å². The van der Waals surface area contributed by atoms with Crippen molar-refractivity contribution in [2.45, 2.75) is 25.7 Å². The molecule has 1 unspecified atom stereocenters. The van der Waals surface area contributed by atoms with Crippen LogP contribution in [-0.2, 0) is 22.6 Å². The highest BCUT2D eigenvalue weighted by molar-refractivity contribution is 14.0. The van der Waals surface area contributed by atoms with E-state index in [1.165, 1.54) is 0 Å². The number of nitrogens with zero attached hydrogens (tertiary/aromatic N) is 2. The first kappa shape index (κ1) is 24.0. The van der Waals surface area contributed by atoms with Gasteiger partial charge in [-0.15, -0.1) is 24.0 Å². The van der Waals surface area contributed by atoms with Gasteiger partial charge in [0.05, 0.1) is 13.2 Å². The van der Waals surface area contributed by atoms with Crippen LogP contribution < -0.4 is 5.32 Å². The van der Waals surface area contributed by atoms with Gasteiger partial charge in [0.2, 0.25) is 0 Å². The minimum absolute atomic E-state index is 0. The van der Waals surface area contributed by atoms with Crippen molar-refractivity contribution in [3.63, 3.8) is 0 Å². The summed E-state index contributed by atoms with van der Waals surface area (Å²) in [6.07, 6.45) is -3.23. The van der Waals surface area contributed by atoms with Crippen LogP contribution in [0.3, 0.4) is 0 Å². The Morgan fingerprint density at radius 3 is 2.52 bits per heavy atom. The summed E-state index contributed by atoms with van der Waals surface area (Å²) in [6, 6.07) is 7.29. The molecule has 1 N–H and O–H groups in total. The van der Waals surface area contributed by atoms with Crippen molar-refractivity contribution in [2.75, 3.05) is 40.5 Å². The predicted octanol–water partition coefficient (Wildman–Crippen LogP) is 3.43. The molecule has 0 bridgehead atoms. The van der Waals surface area contributed by atoms with E-state index >= 15 is 0 Å². The van der Waals surface area contributed by atoms with Crippen LogP contribution in [0.2, 0.25) is 0 Å². The topological polar surface area (TPSA) is 46.1 Å². The van der Waals surface area contributed by atoms with Crippen LogP contribution >= 0.6 is 24.0 Å². The third-order valence-electron chi connectivity index (χ3n) is 4.14. The summed E-state index contributed by atoms with van der Waals surface area (Å²) in [5.41, 5.74) is 1.73. The molecule has 1 aromatic carbocycles. The lowest BCUT2D eigenvalue weighted by Crippen LogP contribution is -2.41. The third kappa shape index (κ3) is 9.11. The monoisotopic (exact) mass is 501 g/mol. The van der Waals surface area contributed by atoms with E-state index < -0.39 is 12.8 Å². The predicted molar refractivity (Wildman–Crippen MR) is 109 cm³/mol. The zero-order valence-corrected chi connectivity index (χ0v) is 17.9. The number of benzene rings is 1. The fourth-order valence-corrected chi connectivity index (χ4v) is 2.80. The molecule has 1 aromatic rings. The molecular weight excluding hydrogens is 474 g/mol. The minimum Gasteiger partial charge on any atom is -0.381 e. The number of aliphatic imine (C=N–C) groups is 1. The van der Waals surface area contributed by atoms with Crippen LogP contribution in [0.25, 0.3) is 0 Å². The van der Waals surface area contributed by atoms with Gasteiger partial charge in [0, 0.05) is 39.7 Å². The third-order valence-corrected chi connectivity index (χ3v) is 4.14. The van der Waals surface area contributed by atoms with Crippen molar-refractivity contribution >= 4 is 29.9 Å². The van der Waals surface area contributed by atoms with E-state index in [2.05, 4.69) is 19.9 Å². The van der Waals surface area contributed by atoms with E-state index in [4.69, 9.17) is 4.74 Å². The number of halogens is 4. The van der Waals surface area contributed by atoms with E-state index in [9.17, 15) is 13.2 Å². The number of guanidine groups is 1. The normalized spacial score (nSPS) is 17.5. The zero-order chi connectivity index (χ0) is 19.0. The Bertz CT molecular complexity index is 576. The summed E-state index contributed by atoms with van der Waals surface area (Å²) >= 11 is 0. The van der Waals surface area contributed by atoms with Gasteiger partial charge in [-0.1, -0.05) is 24.3 Å². The van der Waals surface area contributed by atoms with Crippen molar-refractivity contribution in [3.05, 3.63) is 35.4 Å². The first-order valence-electron chi connectivity index (χ1n) is 8.59. The number of nitrogens with one attached hydrogen (secondary N) is 1. The van der Waals surface area contributed by atoms with Gasteiger partial charge in [0.15, 0.2) is 5.96 Å². The molecule has 2 rings (SSSR count). The molecule has 0 radical (unpaired) electrons. The van der Waals surface area contributed by atoms with Crippen molar-refractivity contribution in [1.29, 1.82) is 0 Å². The van der Waals surface area contributed by atoms with Gasteiger partial charge in [-0.25, -0.2) is 0 Å². The second kappa shape index (κ2) is 11.7. The van der Waals surface area contributed by atoms with Gasteiger partial charge in [-0.2, -0.15) is 13.2 Å². The zero-order valence-electron chi connectivity index (χ0n) is 15.6. The summed E-state index contributed by atoms with van der Waals surface area (Å²) in [5, 5.41) is 3.30. The number of hydrogen-bond donors (Lipinski definition) is 1. The lowest BCUT2D eigenvalue weighted by Gasteiger charge is -2.24. The summed E-state index contributed by atoms with van der Waals surface area (Å²) < 4.78 is 46.3. The molecule has 1 heterocycles. The quantitative estimate of drug-likeness (QED) is 0.354. The van der Waals surface area contributed by atoms with E-state index in [-0.39, 0.29) is 30.6 Å². The molecule has 1 fully saturated rings. The van der Waals surface area contributed by atoms with Crippen molar-refractivity contribution in [3.8, 4) is 0 Å². The van der Waals surface area contributed by atoms with E-state index in [1.54, 1.807) is 19.2 Å². The Kier molecular flexibility index (Phi) is 10.4. The summed E-state index contributed by atoms with van der Waals surface area (Å²) in [7, 11) is 3.74. The van der Waals surface area contributed by atoms with Crippen molar-refractivity contribution in [1.82, 2.24) is 10.2 Å². The highest BCUT2D eigenvalue weighted by Gasteiger charge is 2.27. The standard InChI is InChI=1S/C18H26F3N3O2.HI/c1-22-17(24(2)10-16-7-8-25-12-16)23-9-14-3-5-15(6-4-14)11-26-13-18(19,20)21;/h3-6,16H,7-13H2,1-2H3,(H,22,23);1H. The molecular formula is C18H27F3IN3O2. The largest absolute Gasteiger partial charge is 0.411 e. The number of rotatable bonds is 7. The van der Waals surface area contributed by atoms with Crippen LogP contribution in [-0.4, -0.2) is 57.5 Å². The Balaban J connectivity index is 0.00000364. The SMILES string of the molecule is CN=C(NCc1ccc(COCC(F)(F)F)cc1)N(C)CC1CCOC1.I. The molecule has 1 saturated heterocycles. The highest BCUT2D eigenvalue weighted by Crippen LogP contribution is 2.16. The van der Waals surface area contributed by atoms with Gasteiger partial charge in [-0.05, 0) is 17.5 Å². The van der Waals surface area contributed by atoms with Gasteiger partial charge < -0.3 is 19.7 Å². The Hall–Kier alpha value is -1.07.